The number of fused-ring (bicyclic) bond motifs is 1. The topological polar surface area (TPSA) is 83.0 Å². The maximum absolute atomic E-state index is 12.7. The second kappa shape index (κ2) is 8.32. The average molecular weight is 442 g/mol. The first-order valence-electron chi connectivity index (χ1n) is 10.0. The predicted molar refractivity (Wildman–Crippen MR) is 127 cm³/mol. The Balaban J connectivity index is 1.40. The number of hydrogen-bond acceptors (Lipinski definition) is 5. The lowest BCUT2D eigenvalue weighted by Gasteiger charge is -2.20. The first-order chi connectivity index (χ1) is 15.6. The summed E-state index contributed by atoms with van der Waals surface area (Å²) >= 11 is 1.24. The van der Waals surface area contributed by atoms with Crippen LogP contribution in [0.1, 0.15) is 11.3 Å². The van der Waals surface area contributed by atoms with Gasteiger partial charge in [0.1, 0.15) is 17.4 Å². The van der Waals surface area contributed by atoms with Gasteiger partial charge in [-0.25, -0.2) is 0 Å². The molecule has 2 aromatic carbocycles. The van der Waals surface area contributed by atoms with E-state index in [-0.39, 0.29) is 18.0 Å². The van der Waals surface area contributed by atoms with Gasteiger partial charge in [0.05, 0.1) is 5.57 Å². The highest BCUT2D eigenvalue weighted by Crippen LogP contribution is 2.29. The Kier molecular flexibility index (Phi) is 5.20. The lowest BCUT2D eigenvalue weighted by Crippen LogP contribution is -2.35. The highest BCUT2D eigenvalue weighted by atomic mass is 32.2. The largest absolute Gasteiger partial charge is 0.487 e. The molecule has 7 nitrogen and oxygen atoms in total. The Morgan fingerprint density at radius 1 is 1.06 bits per heavy atom. The van der Waals surface area contributed by atoms with E-state index < -0.39 is 5.91 Å². The summed E-state index contributed by atoms with van der Waals surface area (Å²) in [4.78, 5) is 16.9. The SMILES string of the molecule is Cc1ccccc1-n1cccc1/C=C1/C(=N)N2N=C(COc3ccccc3)SC2=NC1=O. The number of thioether (sulfide) groups is 1. The van der Waals surface area contributed by atoms with Gasteiger partial charge < -0.3 is 9.30 Å². The quantitative estimate of drug-likeness (QED) is 0.592. The molecule has 0 fully saturated rings. The number of nitrogens with one attached hydrogen (secondary N) is 1. The van der Waals surface area contributed by atoms with Crippen LogP contribution in [0.15, 0.2) is 88.6 Å². The minimum absolute atomic E-state index is 0.000236. The van der Waals surface area contributed by atoms with Gasteiger partial charge in [0.2, 0.25) is 5.17 Å². The van der Waals surface area contributed by atoms with Crippen LogP contribution in [0.5, 0.6) is 5.75 Å². The van der Waals surface area contributed by atoms with Crippen molar-refractivity contribution in [2.75, 3.05) is 6.61 Å². The van der Waals surface area contributed by atoms with Crippen LogP contribution in [-0.2, 0) is 4.79 Å². The molecule has 0 saturated heterocycles. The van der Waals surface area contributed by atoms with Crippen LogP contribution in [-0.4, -0.2) is 38.1 Å². The number of aliphatic imine (C=N–C) groups is 1. The molecule has 8 heteroatoms. The van der Waals surface area contributed by atoms with Gasteiger partial charge in [-0.15, -0.1) is 0 Å². The minimum Gasteiger partial charge on any atom is -0.487 e. The zero-order chi connectivity index (χ0) is 22.1. The molecule has 2 aliphatic rings. The molecule has 5 rings (SSSR count). The van der Waals surface area contributed by atoms with E-state index in [9.17, 15) is 4.79 Å². The number of ether oxygens (including phenoxy) is 1. The lowest BCUT2D eigenvalue weighted by molar-refractivity contribution is -0.114. The van der Waals surface area contributed by atoms with Gasteiger partial charge in [-0.05, 0) is 60.7 Å². The second-order valence-corrected chi connectivity index (χ2v) is 8.25. The molecule has 0 unspecified atom stereocenters. The molecule has 0 spiro atoms. The van der Waals surface area contributed by atoms with Crippen molar-refractivity contribution in [3.8, 4) is 11.4 Å². The highest BCUT2D eigenvalue weighted by Gasteiger charge is 2.36. The summed E-state index contributed by atoms with van der Waals surface area (Å²) in [7, 11) is 0. The summed E-state index contributed by atoms with van der Waals surface area (Å²) in [5.41, 5.74) is 3.10. The van der Waals surface area contributed by atoms with Crippen LogP contribution in [0, 0.1) is 12.3 Å². The molecule has 158 valence electrons. The van der Waals surface area contributed by atoms with Crippen molar-refractivity contribution in [3.05, 3.63) is 89.8 Å². The zero-order valence-electron chi connectivity index (χ0n) is 17.2. The zero-order valence-corrected chi connectivity index (χ0v) is 18.0. The molecular formula is C24H19N5O2S. The third-order valence-corrected chi connectivity index (χ3v) is 5.93. The van der Waals surface area contributed by atoms with Crippen LogP contribution in [0.25, 0.3) is 11.8 Å². The Bertz CT molecular complexity index is 1310. The van der Waals surface area contributed by atoms with Gasteiger partial charge in [-0.3, -0.25) is 10.2 Å². The summed E-state index contributed by atoms with van der Waals surface area (Å²) < 4.78 is 7.73. The number of benzene rings is 2. The van der Waals surface area contributed by atoms with E-state index in [1.807, 2.05) is 84.4 Å². The van der Waals surface area contributed by atoms with Crippen molar-refractivity contribution >= 4 is 39.8 Å². The van der Waals surface area contributed by atoms with Gasteiger partial charge in [-0.2, -0.15) is 15.1 Å². The second-order valence-electron chi connectivity index (χ2n) is 7.21. The van der Waals surface area contributed by atoms with E-state index in [2.05, 4.69) is 10.1 Å². The van der Waals surface area contributed by atoms with Gasteiger partial charge in [0.25, 0.3) is 5.91 Å². The third-order valence-electron chi connectivity index (χ3n) is 5.05. The number of hydrogen-bond donors (Lipinski definition) is 1. The van der Waals surface area contributed by atoms with Gasteiger partial charge in [0, 0.05) is 17.6 Å². The molecule has 0 aliphatic carbocycles. The molecule has 0 saturated carbocycles. The maximum atomic E-state index is 12.7. The molecule has 0 bridgehead atoms. The molecule has 3 heterocycles. The van der Waals surface area contributed by atoms with Gasteiger partial charge in [-0.1, -0.05) is 36.4 Å². The normalized spacial score (nSPS) is 16.8. The number of amides is 1. The first kappa shape index (κ1) is 20.0. The molecule has 1 amide bonds. The fourth-order valence-corrected chi connectivity index (χ4v) is 4.26. The number of carbonyl (C=O) groups is 1. The van der Waals surface area contributed by atoms with Crippen molar-refractivity contribution in [1.82, 2.24) is 9.58 Å². The number of amidine groups is 2. The summed E-state index contributed by atoms with van der Waals surface area (Å²) in [5, 5.41) is 15.4. The first-order valence-corrected chi connectivity index (χ1v) is 10.8. The molecular weight excluding hydrogens is 422 g/mol. The number of rotatable bonds is 5. The van der Waals surface area contributed by atoms with E-state index in [4.69, 9.17) is 10.1 Å². The molecule has 2 aliphatic heterocycles. The predicted octanol–water partition coefficient (Wildman–Crippen LogP) is 4.48. The molecule has 32 heavy (non-hydrogen) atoms. The third kappa shape index (κ3) is 3.76. The van der Waals surface area contributed by atoms with Crippen molar-refractivity contribution in [1.29, 1.82) is 5.41 Å². The van der Waals surface area contributed by atoms with Gasteiger partial charge in [0.15, 0.2) is 5.84 Å². The Labute approximate surface area is 189 Å². The fourth-order valence-electron chi connectivity index (χ4n) is 3.46. The molecule has 1 N–H and O–H groups in total. The van der Waals surface area contributed by atoms with Crippen LogP contribution in [0.3, 0.4) is 0 Å². The van der Waals surface area contributed by atoms with Crippen LogP contribution >= 0.6 is 11.8 Å². The van der Waals surface area contributed by atoms with Crippen LogP contribution in [0.2, 0.25) is 0 Å². The van der Waals surface area contributed by atoms with E-state index in [1.165, 1.54) is 16.8 Å². The van der Waals surface area contributed by atoms with Gasteiger partial charge >= 0.3 is 0 Å². The number of aromatic nitrogens is 1. The maximum Gasteiger partial charge on any atom is 0.283 e. The number of hydrazone groups is 1. The van der Waals surface area contributed by atoms with Crippen LogP contribution < -0.4 is 4.74 Å². The van der Waals surface area contributed by atoms with E-state index >= 15 is 0 Å². The standard InChI is InChI=1S/C24H19N5O2S/c1-16-8-5-6-12-20(16)28-13-7-9-17(28)14-19-22(25)29-24(26-23(19)30)32-21(27-29)15-31-18-10-3-2-4-11-18/h2-14,25H,15H2,1H3/b19-14-,25-22?. The summed E-state index contributed by atoms with van der Waals surface area (Å²) in [6.07, 6.45) is 3.62. The molecule has 0 atom stereocenters. The van der Waals surface area contributed by atoms with Crippen molar-refractivity contribution < 1.29 is 9.53 Å². The number of nitrogens with zero attached hydrogens (tertiary/aromatic N) is 4. The summed E-state index contributed by atoms with van der Waals surface area (Å²) in [5.74, 6) is 0.276. The highest BCUT2D eigenvalue weighted by molar-refractivity contribution is 8.27. The Morgan fingerprint density at radius 2 is 1.84 bits per heavy atom. The minimum atomic E-state index is -0.452. The summed E-state index contributed by atoms with van der Waals surface area (Å²) in [6, 6.07) is 21.2. The average Bonchev–Trinajstić information content (AvgIpc) is 3.43. The number of carbonyl (C=O) groups excluding carboxylic acids is 1. The molecule has 3 aromatic rings. The summed E-state index contributed by atoms with van der Waals surface area (Å²) in [6.45, 7) is 2.27. The number of para-hydroxylation sites is 2. The molecule has 0 radical (unpaired) electrons. The van der Waals surface area contributed by atoms with Crippen molar-refractivity contribution in [2.45, 2.75) is 6.92 Å². The monoisotopic (exact) mass is 441 g/mol. The van der Waals surface area contributed by atoms with Crippen molar-refractivity contribution in [2.24, 2.45) is 10.1 Å². The molecule has 1 aromatic heterocycles. The van der Waals surface area contributed by atoms with E-state index in [0.29, 0.717) is 10.2 Å². The van der Waals surface area contributed by atoms with Crippen LogP contribution in [0.4, 0.5) is 0 Å². The Hall–Kier alpha value is -3.91. The Morgan fingerprint density at radius 3 is 2.66 bits per heavy atom. The fraction of sp³-hybridized carbons (Fsp3) is 0.0833. The number of aryl methyl sites for hydroxylation is 1. The van der Waals surface area contributed by atoms with E-state index in [1.54, 1.807) is 6.08 Å². The smallest absolute Gasteiger partial charge is 0.283 e. The van der Waals surface area contributed by atoms with Crippen molar-refractivity contribution in [3.63, 3.8) is 0 Å². The lowest BCUT2D eigenvalue weighted by atomic mass is 10.1. The van der Waals surface area contributed by atoms with E-state index in [0.717, 1.165) is 22.7 Å².